The zero-order valence-corrected chi connectivity index (χ0v) is 18.5. The van der Waals surface area contributed by atoms with Crippen LogP contribution in [-0.4, -0.2) is 44.4 Å². The molecule has 0 atom stereocenters. The Labute approximate surface area is 184 Å². The summed E-state index contributed by atoms with van der Waals surface area (Å²) in [5.74, 6) is 1.13. The van der Waals surface area contributed by atoms with E-state index in [2.05, 4.69) is 38.9 Å². The maximum absolute atomic E-state index is 6.09. The Hall–Kier alpha value is -3.11. The fourth-order valence-corrected chi connectivity index (χ4v) is 4.32. The molecule has 0 spiro atoms. The Kier molecular flexibility index (Phi) is 6.38. The predicted molar refractivity (Wildman–Crippen MR) is 120 cm³/mol. The van der Waals surface area contributed by atoms with Gasteiger partial charge in [0.1, 0.15) is 18.3 Å². The molecule has 3 N–H and O–H groups in total. The number of anilines is 1. The number of aromatic nitrogens is 5. The summed E-state index contributed by atoms with van der Waals surface area (Å²) in [7, 11) is 1.65. The van der Waals surface area contributed by atoms with Crippen LogP contribution in [0.25, 0.3) is 22.3 Å². The van der Waals surface area contributed by atoms with Crippen molar-refractivity contribution in [2.45, 2.75) is 42.9 Å². The van der Waals surface area contributed by atoms with E-state index in [1.807, 2.05) is 18.2 Å². The molecule has 4 rings (SSSR count). The van der Waals surface area contributed by atoms with Gasteiger partial charge in [0.25, 0.3) is 0 Å². The quantitative estimate of drug-likeness (QED) is 0.377. The van der Waals surface area contributed by atoms with Gasteiger partial charge in [-0.05, 0) is 31.2 Å². The molecule has 0 fully saturated rings. The number of imidazole rings is 1. The molecule has 31 heavy (non-hydrogen) atoms. The molecule has 162 valence electrons. The molecule has 0 aliphatic carbocycles. The van der Waals surface area contributed by atoms with Crippen LogP contribution >= 0.6 is 11.8 Å². The Morgan fingerprint density at radius 2 is 2.16 bits per heavy atom. The first-order valence-electron chi connectivity index (χ1n) is 10.0. The summed E-state index contributed by atoms with van der Waals surface area (Å²) in [6, 6.07) is 6.32. The highest BCUT2D eigenvalue weighted by atomic mass is 32.2. The highest BCUT2D eigenvalue weighted by Gasteiger charge is 2.18. The minimum Gasteiger partial charge on any atom is -0.497 e. The van der Waals surface area contributed by atoms with Crippen molar-refractivity contribution in [2.75, 3.05) is 19.4 Å². The molecule has 0 saturated carbocycles. The number of nitrogen functional groups attached to an aromatic ring is 1. The van der Waals surface area contributed by atoms with Gasteiger partial charge >= 0.3 is 0 Å². The van der Waals surface area contributed by atoms with Crippen LogP contribution in [0, 0.1) is 0 Å². The van der Waals surface area contributed by atoms with E-state index in [9.17, 15) is 0 Å². The molecule has 0 aliphatic heterocycles. The largest absolute Gasteiger partial charge is 0.497 e. The number of nitrogens with two attached hydrogens (primary N) is 1. The fraction of sp³-hybridized carbons (Fsp3) is 0.333. The standard InChI is InChI=1S/C21H25N7O2S/c1-13(2)23-7-4-8-28-20-18(19(22)24-12-25-20)27-21(28)31-17-9-15(29-3)5-6-16(17)14-10-26-30-11-14/h5-6,9-13,23H,4,7-8H2,1-3H3,(H2,22,24,25). The lowest BCUT2D eigenvalue weighted by Crippen LogP contribution is -2.24. The lowest BCUT2D eigenvalue weighted by molar-refractivity contribution is 0.413. The van der Waals surface area contributed by atoms with E-state index in [0.29, 0.717) is 17.4 Å². The first-order chi connectivity index (χ1) is 15.1. The van der Waals surface area contributed by atoms with Crippen LogP contribution in [0.3, 0.4) is 0 Å². The number of hydrogen-bond donors (Lipinski definition) is 2. The Morgan fingerprint density at radius 1 is 1.29 bits per heavy atom. The molecule has 0 aliphatic rings. The molecular weight excluding hydrogens is 414 g/mol. The monoisotopic (exact) mass is 439 g/mol. The molecular formula is C21H25N7O2S. The van der Waals surface area contributed by atoms with Gasteiger partial charge in [-0.25, -0.2) is 15.0 Å². The summed E-state index contributed by atoms with van der Waals surface area (Å²) in [5.41, 5.74) is 9.29. The molecule has 0 unspecified atom stereocenters. The van der Waals surface area contributed by atoms with E-state index >= 15 is 0 Å². The Bertz CT molecular complexity index is 1160. The molecule has 0 radical (unpaired) electrons. The van der Waals surface area contributed by atoms with E-state index in [4.69, 9.17) is 20.0 Å². The molecule has 0 amide bonds. The van der Waals surface area contributed by atoms with Gasteiger partial charge < -0.3 is 24.9 Å². The van der Waals surface area contributed by atoms with Crippen molar-refractivity contribution in [3.63, 3.8) is 0 Å². The number of nitrogens with zero attached hydrogens (tertiary/aromatic N) is 5. The number of ether oxygens (including phenoxy) is 1. The topological polar surface area (TPSA) is 117 Å². The lowest BCUT2D eigenvalue weighted by atomic mass is 10.1. The van der Waals surface area contributed by atoms with Gasteiger partial charge in [-0.15, -0.1) is 0 Å². The van der Waals surface area contributed by atoms with Crippen LogP contribution in [0.1, 0.15) is 20.3 Å². The van der Waals surface area contributed by atoms with E-state index in [-0.39, 0.29) is 0 Å². The zero-order chi connectivity index (χ0) is 21.8. The van der Waals surface area contributed by atoms with Gasteiger partial charge in [0.05, 0.1) is 13.3 Å². The average molecular weight is 440 g/mol. The Balaban J connectivity index is 1.73. The van der Waals surface area contributed by atoms with Crippen molar-refractivity contribution in [2.24, 2.45) is 0 Å². The summed E-state index contributed by atoms with van der Waals surface area (Å²) < 4.78 is 12.6. The van der Waals surface area contributed by atoms with Gasteiger partial charge in [0, 0.05) is 28.6 Å². The van der Waals surface area contributed by atoms with Gasteiger partial charge in [-0.2, -0.15) is 0 Å². The highest BCUT2D eigenvalue weighted by Crippen LogP contribution is 2.39. The van der Waals surface area contributed by atoms with Crippen LogP contribution in [-0.2, 0) is 6.54 Å². The first-order valence-corrected chi connectivity index (χ1v) is 10.8. The van der Waals surface area contributed by atoms with Crippen LogP contribution in [0.2, 0.25) is 0 Å². The van der Waals surface area contributed by atoms with Crippen molar-refractivity contribution in [3.8, 4) is 16.9 Å². The summed E-state index contributed by atoms with van der Waals surface area (Å²) in [5, 5.41) is 8.08. The van der Waals surface area contributed by atoms with Crippen molar-refractivity contribution < 1.29 is 9.26 Å². The van der Waals surface area contributed by atoms with Gasteiger partial charge in [-0.3, -0.25) is 0 Å². The fourth-order valence-electron chi connectivity index (χ4n) is 3.23. The number of aryl methyl sites for hydroxylation is 1. The molecule has 3 aromatic heterocycles. The smallest absolute Gasteiger partial charge is 0.175 e. The van der Waals surface area contributed by atoms with Crippen molar-refractivity contribution >= 4 is 28.7 Å². The van der Waals surface area contributed by atoms with E-state index < -0.39 is 0 Å². The number of fused-ring (bicyclic) bond motifs is 1. The van der Waals surface area contributed by atoms with Crippen molar-refractivity contribution in [1.82, 2.24) is 30.0 Å². The number of benzene rings is 1. The van der Waals surface area contributed by atoms with E-state index in [1.165, 1.54) is 18.1 Å². The normalized spacial score (nSPS) is 11.5. The van der Waals surface area contributed by atoms with E-state index in [1.54, 1.807) is 19.6 Å². The van der Waals surface area contributed by atoms with Crippen LogP contribution in [0.4, 0.5) is 5.82 Å². The first kappa shape index (κ1) is 21.1. The summed E-state index contributed by atoms with van der Waals surface area (Å²) >= 11 is 1.53. The SMILES string of the molecule is COc1ccc(-c2cnoc2)c(Sc2nc3c(N)ncnc3n2CCCNC(C)C)c1. The third-order valence-corrected chi connectivity index (χ3v) is 5.82. The van der Waals surface area contributed by atoms with Crippen molar-refractivity contribution in [3.05, 3.63) is 37.0 Å². The third-order valence-electron chi connectivity index (χ3n) is 4.77. The highest BCUT2D eigenvalue weighted by molar-refractivity contribution is 7.99. The number of nitrogens with one attached hydrogen (secondary N) is 1. The third kappa shape index (κ3) is 4.64. The number of methoxy groups -OCH3 is 1. The van der Waals surface area contributed by atoms with E-state index in [0.717, 1.165) is 52.1 Å². The molecule has 0 bridgehead atoms. The second-order valence-electron chi connectivity index (χ2n) is 7.32. The molecule has 4 aromatic rings. The van der Waals surface area contributed by atoms with Gasteiger partial charge in [0.15, 0.2) is 22.1 Å². The molecule has 0 saturated heterocycles. The predicted octanol–water partition coefficient (Wildman–Crippen LogP) is 3.61. The molecule has 1 aromatic carbocycles. The minimum absolute atomic E-state index is 0.371. The number of hydrogen-bond acceptors (Lipinski definition) is 9. The molecule has 3 heterocycles. The van der Waals surface area contributed by atoms with Gasteiger partial charge in [0.2, 0.25) is 0 Å². The van der Waals surface area contributed by atoms with Gasteiger partial charge in [-0.1, -0.05) is 30.8 Å². The lowest BCUT2D eigenvalue weighted by Gasteiger charge is -2.12. The number of rotatable bonds is 9. The maximum Gasteiger partial charge on any atom is 0.175 e. The summed E-state index contributed by atoms with van der Waals surface area (Å²) in [6.07, 6.45) is 5.72. The van der Waals surface area contributed by atoms with Crippen LogP contribution in [0.5, 0.6) is 5.75 Å². The average Bonchev–Trinajstić information content (AvgIpc) is 3.40. The minimum atomic E-state index is 0.371. The zero-order valence-electron chi connectivity index (χ0n) is 17.7. The van der Waals surface area contributed by atoms with Crippen LogP contribution < -0.4 is 15.8 Å². The summed E-state index contributed by atoms with van der Waals surface area (Å²) in [4.78, 5) is 14.3. The van der Waals surface area contributed by atoms with Crippen LogP contribution in [0.15, 0.2) is 51.6 Å². The molecule has 10 heteroatoms. The Morgan fingerprint density at radius 3 is 2.90 bits per heavy atom. The van der Waals surface area contributed by atoms with Crippen molar-refractivity contribution in [1.29, 1.82) is 0 Å². The summed E-state index contributed by atoms with van der Waals surface area (Å²) in [6.45, 7) is 5.92. The maximum atomic E-state index is 6.09. The molecule has 9 nitrogen and oxygen atoms in total. The second-order valence-corrected chi connectivity index (χ2v) is 8.33. The second kappa shape index (κ2) is 9.36.